The Morgan fingerprint density at radius 2 is 1.71 bits per heavy atom. The van der Waals surface area contributed by atoms with Gasteiger partial charge in [-0.3, -0.25) is 4.79 Å². The molecule has 0 aliphatic carbocycles. The minimum atomic E-state index is -0.567. The molecule has 9 heteroatoms. The lowest BCUT2D eigenvalue weighted by molar-refractivity contribution is 0.0285. The van der Waals surface area contributed by atoms with Crippen molar-refractivity contribution >= 4 is 17.8 Å². The molecule has 0 saturated carbocycles. The highest BCUT2D eigenvalue weighted by Gasteiger charge is 2.43. The number of hydrogen-bond acceptors (Lipinski definition) is 6. The smallest absolute Gasteiger partial charge is 0.410 e. The molecule has 9 nitrogen and oxygen atoms in total. The molecule has 3 heterocycles. The molecule has 1 saturated heterocycles. The number of benzene rings is 2. The summed E-state index contributed by atoms with van der Waals surface area (Å²) in [5.74, 6) is 1.58. The predicted octanol–water partition coefficient (Wildman–Crippen LogP) is 4.27. The van der Waals surface area contributed by atoms with Crippen molar-refractivity contribution in [2.75, 3.05) is 25.0 Å². The SMILES string of the molecule is CC(C)(C)OC(=O)N1CC2CNc3c(C(N)=O)c(-c4ccc(Oc5ccccc5)cc4)nn3C2C1. The quantitative estimate of drug-likeness (QED) is 0.583. The molecule has 0 radical (unpaired) electrons. The van der Waals surface area contributed by atoms with Crippen LogP contribution >= 0.6 is 0 Å². The van der Waals surface area contributed by atoms with Crippen LogP contribution in [-0.2, 0) is 4.74 Å². The molecule has 35 heavy (non-hydrogen) atoms. The summed E-state index contributed by atoms with van der Waals surface area (Å²) < 4.78 is 13.2. The Kier molecular flexibility index (Phi) is 5.62. The topological polar surface area (TPSA) is 112 Å². The maximum atomic E-state index is 12.6. The van der Waals surface area contributed by atoms with Gasteiger partial charge in [0.2, 0.25) is 0 Å². The molecule has 3 N–H and O–H groups in total. The molecule has 182 valence electrons. The van der Waals surface area contributed by atoms with Gasteiger partial charge in [0.05, 0.1) is 6.04 Å². The number of primary amides is 1. The van der Waals surface area contributed by atoms with E-state index in [0.29, 0.717) is 42.5 Å². The highest BCUT2D eigenvalue weighted by Crippen LogP contribution is 2.40. The summed E-state index contributed by atoms with van der Waals surface area (Å²) in [6.45, 7) is 7.17. The van der Waals surface area contributed by atoms with E-state index in [9.17, 15) is 9.59 Å². The Hall–Kier alpha value is -4.01. The number of anilines is 1. The van der Waals surface area contributed by atoms with Crippen LogP contribution < -0.4 is 15.8 Å². The third kappa shape index (κ3) is 4.53. The van der Waals surface area contributed by atoms with Crippen molar-refractivity contribution in [2.45, 2.75) is 32.4 Å². The highest BCUT2D eigenvalue weighted by atomic mass is 16.6. The fraction of sp³-hybridized carbons (Fsp3) is 0.346. The summed E-state index contributed by atoms with van der Waals surface area (Å²) in [6, 6.07) is 16.8. The third-order valence-corrected chi connectivity index (χ3v) is 6.17. The number of nitrogens with zero attached hydrogens (tertiary/aromatic N) is 3. The predicted molar refractivity (Wildman–Crippen MR) is 132 cm³/mol. The zero-order valence-electron chi connectivity index (χ0n) is 20.0. The molecule has 0 bridgehead atoms. The first kappa shape index (κ1) is 22.8. The lowest BCUT2D eigenvalue weighted by Gasteiger charge is -2.27. The maximum Gasteiger partial charge on any atom is 0.410 e. The molecular weight excluding hydrogens is 446 g/mol. The van der Waals surface area contributed by atoms with Crippen molar-refractivity contribution in [3.8, 4) is 22.8 Å². The fourth-order valence-electron chi connectivity index (χ4n) is 4.62. The number of carbonyl (C=O) groups excluding carboxylic acids is 2. The number of amides is 2. The van der Waals surface area contributed by atoms with Gasteiger partial charge in [0.1, 0.15) is 34.2 Å². The number of para-hydroxylation sites is 1. The van der Waals surface area contributed by atoms with Crippen molar-refractivity contribution in [1.82, 2.24) is 14.7 Å². The Bertz CT molecular complexity index is 1250. The molecule has 2 aromatic carbocycles. The van der Waals surface area contributed by atoms with Crippen molar-refractivity contribution in [2.24, 2.45) is 11.7 Å². The van der Waals surface area contributed by atoms with Crippen molar-refractivity contribution in [3.05, 3.63) is 60.2 Å². The Morgan fingerprint density at radius 1 is 1.03 bits per heavy atom. The van der Waals surface area contributed by atoms with E-state index in [1.165, 1.54) is 0 Å². The van der Waals surface area contributed by atoms with Crippen molar-refractivity contribution in [1.29, 1.82) is 0 Å². The van der Waals surface area contributed by atoms with Crippen LogP contribution in [0.5, 0.6) is 11.5 Å². The number of hydrogen-bond donors (Lipinski definition) is 2. The third-order valence-electron chi connectivity index (χ3n) is 6.17. The first-order valence-electron chi connectivity index (χ1n) is 11.7. The number of nitrogens with two attached hydrogens (primary N) is 1. The van der Waals surface area contributed by atoms with E-state index in [2.05, 4.69) is 5.32 Å². The van der Waals surface area contributed by atoms with Crippen LogP contribution in [0.3, 0.4) is 0 Å². The number of aromatic nitrogens is 2. The summed E-state index contributed by atoms with van der Waals surface area (Å²) in [4.78, 5) is 26.8. The Morgan fingerprint density at radius 3 is 2.37 bits per heavy atom. The van der Waals surface area contributed by atoms with Gasteiger partial charge in [-0.15, -0.1) is 0 Å². The highest BCUT2D eigenvalue weighted by molar-refractivity contribution is 6.04. The van der Waals surface area contributed by atoms with Crippen LogP contribution in [0, 0.1) is 5.92 Å². The first-order chi connectivity index (χ1) is 16.7. The molecule has 2 aliphatic rings. The Labute approximate surface area is 203 Å². The molecule has 0 spiro atoms. The van der Waals surface area contributed by atoms with Gasteiger partial charge >= 0.3 is 6.09 Å². The van der Waals surface area contributed by atoms with E-state index in [1.807, 2.05) is 80.1 Å². The second-order valence-corrected chi connectivity index (χ2v) is 9.91. The molecule has 1 fully saturated rings. The summed E-state index contributed by atoms with van der Waals surface area (Å²) in [7, 11) is 0. The average molecular weight is 476 g/mol. The lowest BCUT2D eigenvalue weighted by atomic mass is 10.0. The summed E-state index contributed by atoms with van der Waals surface area (Å²) in [6.07, 6.45) is -0.343. The molecule has 1 aromatic heterocycles. The van der Waals surface area contributed by atoms with Gasteiger partial charge in [-0.1, -0.05) is 18.2 Å². The van der Waals surface area contributed by atoms with E-state index >= 15 is 0 Å². The molecule has 2 atom stereocenters. The van der Waals surface area contributed by atoms with Crippen LogP contribution in [0.1, 0.15) is 37.2 Å². The van der Waals surface area contributed by atoms with E-state index in [0.717, 1.165) is 11.3 Å². The number of nitrogens with one attached hydrogen (secondary N) is 1. The minimum absolute atomic E-state index is 0.0775. The molecule has 2 amide bonds. The second-order valence-electron chi connectivity index (χ2n) is 9.91. The zero-order valence-corrected chi connectivity index (χ0v) is 20.0. The van der Waals surface area contributed by atoms with Gasteiger partial charge in [0.15, 0.2) is 0 Å². The second kappa shape index (κ2) is 8.65. The number of ether oxygens (including phenoxy) is 2. The number of carbonyl (C=O) groups is 2. The monoisotopic (exact) mass is 475 g/mol. The van der Waals surface area contributed by atoms with Gasteiger partial charge in [0, 0.05) is 31.1 Å². The lowest BCUT2D eigenvalue weighted by Crippen LogP contribution is -2.35. The summed E-state index contributed by atoms with van der Waals surface area (Å²) in [5.41, 5.74) is 6.82. The van der Waals surface area contributed by atoms with E-state index < -0.39 is 11.5 Å². The van der Waals surface area contributed by atoms with E-state index in [-0.39, 0.29) is 18.1 Å². The van der Waals surface area contributed by atoms with Crippen LogP contribution in [-0.4, -0.2) is 51.9 Å². The van der Waals surface area contributed by atoms with Crippen molar-refractivity contribution in [3.63, 3.8) is 0 Å². The Balaban J connectivity index is 1.42. The fourth-order valence-corrected chi connectivity index (χ4v) is 4.62. The van der Waals surface area contributed by atoms with Crippen LogP contribution in [0.25, 0.3) is 11.3 Å². The maximum absolute atomic E-state index is 12.6. The molecule has 2 unspecified atom stereocenters. The van der Waals surface area contributed by atoms with E-state index in [4.69, 9.17) is 20.3 Å². The first-order valence-corrected chi connectivity index (χ1v) is 11.7. The van der Waals surface area contributed by atoms with Gasteiger partial charge in [0.25, 0.3) is 5.91 Å². The number of rotatable bonds is 4. The van der Waals surface area contributed by atoms with Gasteiger partial charge < -0.3 is 25.4 Å². The zero-order chi connectivity index (χ0) is 24.7. The van der Waals surface area contributed by atoms with Crippen molar-refractivity contribution < 1.29 is 19.1 Å². The standard InChI is InChI=1S/C26H29N5O4/c1-26(2,3)35-25(33)30-14-17-13-28-24-21(23(27)32)22(29-31(24)20(17)15-30)16-9-11-19(12-10-16)34-18-7-5-4-6-8-18/h4-12,17,20,28H,13-15H2,1-3H3,(H2,27,32). The molecule has 2 aliphatic heterocycles. The summed E-state index contributed by atoms with van der Waals surface area (Å²) in [5, 5.41) is 8.12. The van der Waals surface area contributed by atoms with Gasteiger partial charge in [-0.2, -0.15) is 5.10 Å². The van der Waals surface area contributed by atoms with E-state index in [1.54, 1.807) is 4.90 Å². The van der Waals surface area contributed by atoms with Gasteiger partial charge in [-0.05, 0) is 57.2 Å². The van der Waals surface area contributed by atoms with Crippen LogP contribution in [0.15, 0.2) is 54.6 Å². The van der Waals surface area contributed by atoms with Crippen LogP contribution in [0.4, 0.5) is 10.6 Å². The summed E-state index contributed by atoms with van der Waals surface area (Å²) >= 11 is 0. The number of likely N-dealkylation sites (tertiary alicyclic amines) is 1. The average Bonchev–Trinajstić information content (AvgIpc) is 3.41. The largest absolute Gasteiger partial charge is 0.457 e. The van der Waals surface area contributed by atoms with Gasteiger partial charge in [-0.25, -0.2) is 9.48 Å². The molecule has 3 aromatic rings. The minimum Gasteiger partial charge on any atom is -0.457 e. The normalized spacial score (nSPS) is 18.9. The molecule has 5 rings (SSSR count). The number of fused-ring (bicyclic) bond motifs is 3. The molecular formula is C26H29N5O4. The van der Waals surface area contributed by atoms with Crippen LogP contribution in [0.2, 0.25) is 0 Å².